The fraction of sp³-hybridized carbons (Fsp3) is 0.233. The van der Waals surface area contributed by atoms with Crippen molar-refractivity contribution in [2.24, 2.45) is 0 Å². The van der Waals surface area contributed by atoms with E-state index >= 15 is 0 Å². The van der Waals surface area contributed by atoms with Crippen LogP contribution >= 0.6 is 0 Å². The highest BCUT2D eigenvalue weighted by atomic mass is 16.7. The summed E-state index contributed by atoms with van der Waals surface area (Å²) in [7, 11) is 0. The second-order valence-electron chi connectivity index (χ2n) is 36.8. The summed E-state index contributed by atoms with van der Waals surface area (Å²) >= 11 is 0. The molecule has 12 aromatic carbocycles. The molecule has 0 saturated heterocycles. The van der Waals surface area contributed by atoms with Crippen molar-refractivity contribution >= 4 is 46.4 Å². The zero-order valence-electron chi connectivity index (χ0n) is 77.4. The third-order valence-electron chi connectivity index (χ3n) is 28.4. The summed E-state index contributed by atoms with van der Waals surface area (Å²) in [6.45, 7) is 0.210. The third-order valence-corrected chi connectivity index (χ3v) is 28.4. The second kappa shape index (κ2) is 37.8. The first kappa shape index (κ1) is 85.7. The van der Waals surface area contributed by atoms with Crippen LogP contribution in [0.5, 0.6) is 92.0 Å². The molecule has 0 aliphatic carbocycles. The molecule has 32 bridgehead atoms. The maximum absolute atomic E-state index is 7.71. The Labute approximate surface area is 810 Å². The molecule has 0 spiro atoms. The van der Waals surface area contributed by atoms with Gasteiger partial charge in [-0.15, -0.1) is 0 Å². The predicted molar refractivity (Wildman–Crippen MR) is 540 cm³/mol. The molecular weight excluding hydrogens is 1750 g/mol. The fourth-order valence-electron chi connectivity index (χ4n) is 22.0. The Kier molecular flexibility index (Phi) is 23.2. The molecule has 698 valence electrons. The predicted octanol–water partition coefficient (Wildman–Crippen LogP) is 25.9. The van der Waals surface area contributed by atoms with Crippen molar-refractivity contribution in [3.63, 3.8) is 0 Å². The van der Waals surface area contributed by atoms with Gasteiger partial charge in [0.2, 0.25) is 50.2 Å². The molecule has 15 aromatic rings. The van der Waals surface area contributed by atoms with Crippen LogP contribution in [-0.2, 0) is 25.7 Å². The average Bonchev–Trinajstić information content (AvgIpc) is 0.849. The summed E-state index contributed by atoms with van der Waals surface area (Å²) in [4.78, 5) is 19.8. The quantitative estimate of drug-likeness (QED) is 0.117. The molecule has 20 nitrogen and oxygen atoms in total. The first-order chi connectivity index (χ1) is 69.5. The highest BCUT2D eigenvalue weighted by Crippen LogP contribution is 2.64. The van der Waals surface area contributed by atoms with Crippen LogP contribution in [-0.4, -0.2) is 100.0 Å². The highest BCUT2D eigenvalue weighted by molar-refractivity contribution is 6.02. The van der Waals surface area contributed by atoms with E-state index in [1.165, 1.54) is 0 Å². The van der Waals surface area contributed by atoms with Crippen molar-refractivity contribution in [1.82, 2.24) is 19.9 Å². The number of aryl methyl sites for hydroxylation is 4. The summed E-state index contributed by atoms with van der Waals surface area (Å²) in [5, 5.41) is 0. The number of benzene rings is 12. The molecule has 20 heteroatoms. The van der Waals surface area contributed by atoms with Crippen molar-refractivity contribution < 1.29 is 75.8 Å². The van der Waals surface area contributed by atoms with Gasteiger partial charge in [0.1, 0.15) is 23.0 Å². The summed E-state index contributed by atoms with van der Waals surface area (Å²) in [6, 6.07) is 93.7. The van der Waals surface area contributed by atoms with E-state index in [2.05, 4.69) is 253 Å². The molecule has 16 heterocycles. The Hall–Kier alpha value is -16.0. The lowest BCUT2D eigenvalue weighted by molar-refractivity contribution is 0.0813. The Morgan fingerprint density at radius 2 is 0.407 bits per heavy atom. The van der Waals surface area contributed by atoms with Crippen molar-refractivity contribution in [3.8, 4) is 136 Å². The maximum atomic E-state index is 7.71. The number of para-hydroxylation sites is 4. The van der Waals surface area contributed by atoms with Gasteiger partial charge in [-0.05, 0) is 171 Å². The second-order valence-corrected chi connectivity index (χ2v) is 36.8. The van der Waals surface area contributed by atoms with Crippen molar-refractivity contribution in [2.45, 2.75) is 101 Å². The van der Waals surface area contributed by atoms with Gasteiger partial charge in [0.05, 0.1) is 75.6 Å². The highest BCUT2D eigenvalue weighted by Gasteiger charge is 2.45. The fourth-order valence-corrected chi connectivity index (χ4v) is 22.0. The molecule has 28 rings (SSSR count). The van der Waals surface area contributed by atoms with E-state index in [0.29, 0.717) is 192 Å². The van der Waals surface area contributed by atoms with Crippen LogP contribution in [0, 0.1) is 0 Å². The number of fused-ring (bicyclic) bond motifs is 6. The SMILES string of the molecule is C1=Cc2nc1c1c3ccc([nH]3)c3c4nc(c5c6ccc([nH]6)c2-c2ccccc2OCCCOc2c6c7cc8c2OCOc2c(cc9c(c2OCCCOc2ccccc2-5)OCOc2c(cc5c(c2OCCCOc2ccccc2-3)OCOc2c(cc(c(c2OCCCOc2ccccc2-1)OCO6)C7CCc1ccccc1)C5CCc1ccccc1)C9CCc1ccccc1)C8CCc1ccccc1)C=C4. The summed E-state index contributed by atoms with van der Waals surface area (Å²) < 4.78 is 120. The number of ether oxygens (including phenoxy) is 16. The van der Waals surface area contributed by atoms with Crippen LogP contribution < -0.4 is 75.8 Å². The van der Waals surface area contributed by atoms with E-state index in [9.17, 15) is 0 Å². The van der Waals surface area contributed by atoms with E-state index in [-0.39, 0.29) is 80.0 Å². The van der Waals surface area contributed by atoms with Gasteiger partial charge in [0.15, 0.2) is 46.0 Å². The van der Waals surface area contributed by atoms with Crippen molar-refractivity contribution in [1.29, 1.82) is 0 Å². The molecule has 140 heavy (non-hydrogen) atoms. The lowest BCUT2D eigenvalue weighted by Crippen LogP contribution is -2.25. The van der Waals surface area contributed by atoms with Crippen LogP contribution in [0.4, 0.5) is 0 Å². The molecule has 3 aromatic heterocycles. The Balaban J connectivity index is 0.828. The number of rotatable bonds is 12. The van der Waals surface area contributed by atoms with E-state index in [4.69, 9.17) is 85.8 Å². The van der Waals surface area contributed by atoms with Gasteiger partial charge in [0, 0.05) is 160 Å². The average molecular weight is 1860 g/mol. The number of hydrogen-bond acceptors (Lipinski definition) is 18. The Morgan fingerprint density at radius 1 is 0.207 bits per heavy atom. The maximum Gasteiger partial charge on any atom is 0.231 e. The third kappa shape index (κ3) is 16.2. The molecule has 0 unspecified atom stereocenters. The van der Waals surface area contributed by atoms with Gasteiger partial charge in [-0.3, -0.25) is 0 Å². The standard InChI is InChI=1S/C120H102N4O16/c1-5-25-73(26-6-1)41-45-77-85-65-87-78(46-42-74-27-7-2-8-28-74)89-67-91-80(48-44-76-31-11-4-12-32-76)92-68-90-79(47-43-75-29-9-3-10-30-75)88-66-86(77)110-118-112(88)136-71-138-114(90)120-116(92)140-72-139-115(91)119-113(89)137-70-135-111(87)117(109(85)133-69-134-110)129-61-21-57-125-101-37-17-13-33-81(101)105-93-49-50-94(121-93)106(82-34-14-18-38-102(82)126-58-22-62-130-118)96-52-54-98(123-96)108(84-36-16-20-40-104(84)128-60-24-64-132-120)100-56-55-99(124-100)107(97-53-51-95(105)122-97)83-35-15-19-39-103(83)127-59-23-63-131-119/h1-20,25-40,49-56,65-68,77-80,121,124H,21-24,41-48,57-64,69-72H2. The minimum absolute atomic E-state index is 0.140. The van der Waals surface area contributed by atoms with Crippen LogP contribution in [0.1, 0.15) is 165 Å². The van der Waals surface area contributed by atoms with Gasteiger partial charge >= 0.3 is 0 Å². The zero-order chi connectivity index (χ0) is 92.8. The summed E-state index contributed by atoms with van der Waals surface area (Å²) in [5.74, 6) is 5.58. The first-order valence-corrected chi connectivity index (χ1v) is 49.0. The molecule has 0 fully saturated rings. The minimum Gasteiger partial charge on any atom is -0.493 e. The van der Waals surface area contributed by atoms with Gasteiger partial charge in [-0.25, -0.2) is 9.97 Å². The van der Waals surface area contributed by atoms with Crippen LogP contribution in [0.15, 0.2) is 267 Å². The summed E-state index contributed by atoms with van der Waals surface area (Å²) in [5.41, 5.74) is 23.5. The Bertz CT molecular complexity index is 6530. The zero-order valence-corrected chi connectivity index (χ0v) is 77.4. The number of nitrogens with zero attached hydrogens (tertiary/aromatic N) is 2. The molecule has 0 radical (unpaired) electrons. The van der Waals surface area contributed by atoms with Gasteiger partial charge < -0.3 is 85.8 Å². The topological polar surface area (TPSA) is 205 Å². The smallest absolute Gasteiger partial charge is 0.231 e. The molecule has 13 aliphatic heterocycles. The number of aromatic nitrogens is 4. The molecular formula is C120H102N4O16. The normalized spacial score (nSPS) is 17.2. The molecule has 0 amide bonds. The number of aromatic amines is 2. The van der Waals surface area contributed by atoms with Crippen LogP contribution in [0.2, 0.25) is 0 Å². The van der Waals surface area contributed by atoms with Gasteiger partial charge in [0.25, 0.3) is 0 Å². The van der Waals surface area contributed by atoms with Crippen molar-refractivity contribution in [2.75, 3.05) is 80.0 Å². The molecule has 0 saturated carbocycles. The summed E-state index contributed by atoms with van der Waals surface area (Å²) in [6.07, 6.45) is 14.6. The lowest BCUT2D eigenvalue weighted by Gasteiger charge is -2.37. The largest absolute Gasteiger partial charge is 0.493 e. The molecule has 0 atom stereocenters. The van der Waals surface area contributed by atoms with E-state index in [0.717, 1.165) is 133 Å². The van der Waals surface area contributed by atoms with Crippen molar-refractivity contribution in [3.05, 3.63) is 356 Å². The number of H-pyrrole nitrogens is 2. The van der Waals surface area contributed by atoms with Crippen LogP contribution in [0.3, 0.4) is 0 Å². The van der Waals surface area contributed by atoms with Gasteiger partial charge in [-0.1, -0.05) is 194 Å². The lowest BCUT2D eigenvalue weighted by atomic mass is 9.75. The molecule has 2 N–H and O–H groups in total. The molecule has 13 aliphatic rings. The van der Waals surface area contributed by atoms with E-state index < -0.39 is 23.7 Å². The number of hydrogen-bond donors (Lipinski definition) is 2. The van der Waals surface area contributed by atoms with Crippen LogP contribution in [0.25, 0.3) is 90.9 Å². The monoisotopic (exact) mass is 1850 g/mol. The minimum atomic E-state index is -0.559. The first-order valence-electron chi connectivity index (χ1n) is 49.0. The Morgan fingerprint density at radius 3 is 0.629 bits per heavy atom. The van der Waals surface area contributed by atoms with E-state index in [1.54, 1.807) is 0 Å². The van der Waals surface area contributed by atoms with E-state index in [1.807, 2.05) is 48.5 Å². The number of nitrogens with one attached hydrogen (secondary N) is 2. The van der Waals surface area contributed by atoms with Gasteiger partial charge in [-0.2, -0.15) is 0 Å².